The average molecular weight is 436 g/mol. The van der Waals surface area contributed by atoms with E-state index in [4.69, 9.17) is 16.3 Å². The molecule has 30 heavy (non-hydrogen) atoms. The number of fused-ring (bicyclic) bond motifs is 1. The Morgan fingerprint density at radius 1 is 1.17 bits per heavy atom. The summed E-state index contributed by atoms with van der Waals surface area (Å²) in [6.07, 6.45) is -0.405. The van der Waals surface area contributed by atoms with Crippen LogP contribution in [0, 0.1) is 18.6 Å². The van der Waals surface area contributed by atoms with Crippen LogP contribution < -0.4 is 0 Å². The van der Waals surface area contributed by atoms with Gasteiger partial charge in [0, 0.05) is 27.7 Å². The number of nitrogens with zero attached hydrogens (tertiary/aromatic N) is 1. The molecule has 3 rings (SSSR count). The Morgan fingerprint density at radius 3 is 2.43 bits per heavy atom. The molecule has 3 aromatic rings. The molecule has 158 valence electrons. The van der Waals surface area contributed by atoms with Crippen LogP contribution in [0.5, 0.6) is 5.75 Å². The number of hydrogen-bond donors (Lipinski definition) is 1. The molecule has 0 aliphatic carbocycles. The van der Waals surface area contributed by atoms with Crippen molar-refractivity contribution in [3.05, 3.63) is 63.8 Å². The smallest absolute Gasteiger partial charge is 0.313 e. The highest BCUT2D eigenvalue weighted by atomic mass is 35.5. The topological polar surface area (TPSA) is 68.5 Å². The van der Waals surface area contributed by atoms with E-state index in [2.05, 4.69) is 0 Å². The zero-order valence-electron chi connectivity index (χ0n) is 16.8. The Kier molecular flexibility index (Phi) is 5.85. The van der Waals surface area contributed by atoms with Crippen molar-refractivity contribution in [2.45, 2.75) is 39.7 Å². The number of aromatic nitrogens is 1. The van der Waals surface area contributed by atoms with Gasteiger partial charge in [-0.25, -0.2) is 8.78 Å². The quantitative estimate of drug-likeness (QED) is 0.562. The first-order chi connectivity index (χ1) is 14.0. The SMILES string of the molecule is Cc1c(C(C)C(=O)OC(C)C)c2c(F)c(O)c(F)cc2n1C(=O)c1cccc(Cl)c1. The van der Waals surface area contributed by atoms with E-state index in [0.717, 1.165) is 10.6 Å². The Labute approximate surface area is 176 Å². The highest BCUT2D eigenvalue weighted by molar-refractivity contribution is 6.31. The molecular weight excluding hydrogens is 416 g/mol. The summed E-state index contributed by atoms with van der Waals surface area (Å²) in [6.45, 7) is 6.36. The van der Waals surface area contributed by atoms with E-state index in [1.54, 1.807) is 26.0 Å². The fraction of sp³-hybridized carbons (Fsp3) is 0.273. The Morgan fingerprint density at radius 2 is 1.83 bits per heavy atom. The molecule has 0 amide bonds. The molecule has 8 heteroatoms. The van der Waals surface area contributed by atoms with Crippen LogP contribution in [0.15, 0.2) is 30.3 Å². The maximum absolute atomic E-state index is 14.9. The van der Waals surface area contributed by atoms with E-state index >= 15 is 0 Å². The second-order valence-electron chi connectivity index (χ2n) is 7.27. The third kappa shape index (κ3) is 3.65. The number of carbonyl (C=O) groups excluding carboxylic acids is 2. The van der Waals surface area contributed by atoms with Crippen LogP contribution in [0.3, 0.4) is 0 Å². The van der Waals surface area contributed by atoms with Crippen molar-refractivity contribution in [3.8, 4) is 5.75 Å². The lowest BCUT2D eigenvalue weighted by molar-refractivity contribution is -0.148. The number of halogens is 3. The minimum Gasteiger partial charge on any atom is -0.503 e. The second-order valence-corrected chi connectivity index (χ2v) is 7.71. The summed E-state index contributed by atoms with van der Waals surface area (Å²) < 4.78 is 35.4. The number of carbonyl (C=O) groups is 2. The molecule has 0 saturated heterocycles. The van der Waals surface area contributed by atoms with Crippen LogP contribution in [0.1, 0.15) is 48.3 Å². The van der Waals surface area contributed by atoms with E-state index in [0.29, 0.717) is 5.02 Å². The van der Waals surface area contributed by atoms with Crippen molar-refractivity contribution in [1.82, 2.24) is 4.57 Å². The summed E-state index contributed by atoms with van der Waals surface area (Å²) >= 11 is 5.98. The molecule has 1 aromatic heterocycles. The maximum atomic E-state index is 14.9. The van der Waals surface area contributed by atoms with E-state index in [9.17, 15) is 23.5 Å². The zero-order valence-corrected chi connectivity index (χ0v) is 17.6. The second kappa shape index (κ2) is 8.07. The molecule has 1 unspecified atom stereocenters. The highest BCUT2D eigenvalue weighted by Crippen LogP contribution is 2.39. The van der Waals surface area contributed by atoms with E-state index in [1.165, 1.54) is 26.0 Å². The van der Waals surface area contributed by atoms with Gasteiger partial charge >= 0.3 is 5.97 Å². The molecule has 0 spiro atoms. The molecule has 2 aromatic carbocycles. The molecular formula is C22H20ClF2NO4. The predicted molar refractivity (Wildman–Crippen MR) is 109 cm³/mol. The Balaban J connectivity index is 2.32. The standard InChI is InChI=1S/C22H20ClF2NO4/c1-10(2)30-22(29)11(3)17-12(4)26(21(28)13-6-5-7-14(23)8-13)16-9-15(24)20(27)19(25)18(16)17/h5-11,27H,1-4H3. The van der Waals surface area contributed by atoms with Gasteiger partial charge in [0.15, 0.2) is 17.4 Å². The van der Waals surface area contributed by atoms with Crippen LogP contribution in [0.4, 0.5) is 8.78 Å². The number of aromatic hydroxyl groups is 1. The van der Waals surface area contributed by atoms with Gasteiger partial charge in [0.2, 0.25) is 0 Å². The first-order valence-corrected chi connectivity index (χ1v) is 9.65. The fourth-order valence-corrected chi connectivity index (χ4v) is 3.70. The number of phenolic OH excluding ortho intramolecular Hbond substituents is 1. The largest absolute Gasteiger partial charge is 0.503 e. The monoisotopic (exact) mass is 435 g/mol. The molecule has 1 heterocycles. The Bertz CT molecular complexity index is 1170. The summed E-state index contributed by atoms with van der Waals surface area (Å²) in [7, 11) is 0. The predicted octanol–water partition coefficient (Wildman–Crippen LogP) is 5.33. The number of phenols is 1. The molecule has 0 aliphatic rings. The van der Waals surface area contributed by atoms with Gasteiger partial charge < -0.3 is 9.84 Å². The van der Waals surface area contributed by atoms with Gasteiger partial charge in [-0.05, 0) is 51.5 Å². The lowest BCUT2D eigenvalue weighted by Crippen LogP contribution is -2.19. The van der Waals surface area contributed by atoms with Crippen molar-refractivity contribution >= 4 is 34.4 Å². The third-order valence-electron chi connectivity index (χ3n) is 4.82. The summed E-state index contributed by atoms with van der Waals surface area (Å²) in [6, 6.07) is 6.98. The number of hydrogen-bond acceptors (Lipinski definition) is 4. The lowest BCUT2D eigenvalue weighted by Gasteiger charge is -2.15. The van der Waals surface area contributed by atoms with Gasteiger partial charge in [-0.2, -0.15) is 0 Å². The average Bonchev–Trinajstić information content (AvgIpc) is 2.96. The molecule has 0 fully saturated rings. The summed E-state index contributed by atoms with van der Waals surface area (Å²) in [5, 5.41) is 9.91. The van der Waals surface area contributed by atoms with Crippen molar-refractivity contribution < 1.29 is 28.2 Å². The summed E-state index contributed by atoms with van der Waals surface area (Å²) in [5.41, 5.74) is 0.454. The van der Waals surface area contributed by atoms with Crippen molar-refractivity contribution in [3.63, 3.8) is 0 Å². The number of esters is 1. The third-order valence-corrected chi connectivity index (χ3v) is 5.06. The van der Waals surface area contributed by atoms with Gasteiger partial charge in [-0.15, -0.1) is 0 Å². The van der Waals surface area contributed by atoms with Crippen LogP contribution in [-0.4, -0.2) is 27.7 Å². The maximum Gasteiger partial charge on any atom is 0.313 e. The number of ether oxygens (including phenoxy) is 1. The first-order valence-electron chi connectivity index (χ1n) is 9.27. The van der Waals surface area contributed by atoms with Crippen molar-refractivity contribution in [2.24, 2.45) is 0 Å². The number of benzene rings is 2. The minimum absolute atomic E-state index is 0.107. The first kappa shape index (κ1) is 21.8. The van der Waals surface area contributed by atoms with E-state index in [-0.39, 0.29) is 27.7 Å². The fourth-order valence-electron chi connectivity index (χ4n) is 3.51. The lowest BCUT2D eigenvalue weighted by atomic mass is 9.97. The summed E-state index contributed by atoms with van der Waals surface area (Å²) in [5.74, 6) is -5.83. The molecule has 0 saturated carbocycles. The van der Waals surface area contributed by atoms with Gasteiger partial charge in [-0.1, -0.05) is 17.7 Å². The molecule has 0 aliphatic heterocycles. The summed E-state index contributed by atoms with van der Waals surface area (Å²) in [4.78, 5) is 25.7. The minimum atomic E-state index is -1.25. The van der Waals surface area contributed by atoms with E-state index in [1.807, 2.05) is 0 Å². The normalized spacial score (nSPS) is 12.4. The Hall–Kier alpha value is -2.93. The molecule has 0 bridgehead atoms. The zero-order chi connectivity index (χ0) is 22.3. The van der Waals surface area contributed by atoms with Crippen LogP contribution in [-0.2, 0) is 9.53 Å². The molecule has 1 N–H and O–H groups in total. The van der Waals surface area contributed by atoms with Gasteiger partial charge in [0.25, 0.3) is 5.91 Å². The molecule has 0 radical (unpaired) electrons. The van der Waals surface area contributed by atoms with Crippen LogP contribution in [0.25, 0.3) is 10.9 Å². The van der Waals surface area contributed by atoms with E-state index < -0.39 is 41.3 Å². The van der Waals surface area contributed by atoms with Crippen LogP contribution in [0.2, 0.25) is 5.02 Å². The van der Waals surface area contributed by atoms with Crippen molar-refractivity contribution in [2.75, 3.05) is 0 Å². The van der Waals surface area contributed by atoms with Crippen molar-refractivity contribution in [1.29, 1.82) is 0 Å². The molecule has 1 atom stereocenters. The van der Waals surface area contributed by atoms with Gasteiger partial charge in [0.05, 0.1) is 17.5 Å². The van der Waals surface area contributed by atoms with Gasteiger partial charge in [0.1, 0.15) is 0 Å². The molecule has 5 nitrogen and oxygen atoms in total. The van der Waals surface area contributed by atoms with Gasteiger partial charge in [-0.3, -0.25) is 14.2 Å². The number of rotatable bonds is 4. The van der Waals surface area contributed by atoms with Crippen LogP contribution >= 0.6 is 11.6 Å². The highest BCUT2D eigenvalue weighted by Gasteiger charge is 2.31.